The minimum atomic E-state index is -2.06. The summed E-state index contributed by atoms with van der Waals surface area (Å²) >= 11 is 0. The summed E-state index contributed by atoms with van der Waals surface area (Å²) in [5, 5.41) is 36.3. The predicted molar refractivity (Wildman–Crippen MR) is 26.8 cm³/mol. The van der Waals surface area contributed by atoms with Gasteiger partial charge in [0, 0.05) is 0 Å². The van der Waals surface area contributed by atoms with Crippen molar-refractivity contribution in [1.82, 2.24) is 0 Å². The van der Waals surface area contributed by atoms with Gasteiger partial charge in [-0.2, -0.15) is 5.26 Å². The number of rotatable bonds is 1. The molecule has 0 aromatic carbocycles. The fourth-order valence-electron chi connectivity index (χ4n) is 0. The molecule has 0 aromatic heterocycles. The maximum atomic E-state index is 8.90. The van der Waals surface area contributed by atoms with E-state index in [9.17, 15) is 0 Å². The van der Waals surface area contributed by atoms with Crippen molar-refractivity contribution >= 4 is 13.5 Å². The second-order valence-corrected chi connectivity index (χ2v) is 0.789. The third-order valence-corrected chi connectivity index (χ3v) is 0.172. The van der Waals surface area contributed by atoms with Crippen LogP contribution >= 0.6 is 0 Å². The van der Waals surface area contributed by atoms with Gasteiger partial charge in [-0.1, -0.05) is 0 Å². The monoisotopic (exact) mass is 180 g/mol. The Morgan fingerprint density at radius 3 is 1.55 bits per heavy atom. The largest absolute Gasteiger partial charge is 1.00 e. The summed E-state index contributed by atoms with van der Waals surface area (Å²) in [5.74, 6) is 0. The molecule has 0 aliphatic rings. The first-order valence-electron chi connectivity index (χ1n) is 1.75. The molecular formula is CH6BNaO8. The Labute approximate surface area is 84.8 Å². The zero-order chi connectivity index (χ0) is 8.57. The molecule has 0 fully saturated rings. The zero-order valence-corrected chi connectivity index (χ0v) is 7.54. The summed E-state index contributed by atoms with van der Waals surface area (Å²) in [6.07, 6.45) is -1.69. The Bertz CT molecular complexity index is 89.1. The van der Waals surface area contributed by atoms with Gasteiger partial charge in [-0.3, -0.25) is 10.1 Å². The first kappa shape index (κ1) is 17.3. The molecule has 0 spiro atoms. The van der Waals surface area contributed by atoms with Crippen LogP contribution in [0, 0.1) is 0 Å². The first-order valence-corrected chi connectivity index (χ1v) is 1.75. The molecular weight excluding hydrogens is 174 g/mol. The van der Waals surface area contributed by atoms with Crippen LogP contribution in [0.1, 0.15) is 1.43 Å². The van der Waals surface area contributed by atoms with Crippen molar-refractivity contribution in [2.45, 2.75) is 0 Å². The second-order valence-electron chi connectivity index (χ2n) is 0.789. The maximum absolute atomic E-state index is 8.90. The molecule has 0 unspecified atom stereocenters. The van der Waals surface area contributed by atoms with Crippen molar-refractivity contribution in [2.24, 2.45) is 0 Å². The summed E-state index contributed by atoms with van der Waals surface area (Å²) in [6, 6.07) is 0. The smallest absolute Gasteiger partial charge is 1.00 e. The van der Waals surface area contributed by atoms with Crippen molar-refractivity contribution in [3.63, 3.8) is 0 Å². The van der Waals surface area contributed by atoms with Crippen molar-refractivity contribution in [1.29, 1.82) is 0 Å². The van der Waals surface area contributed by atoms with E-state index in [1.54, 1.807) is 0 Å². The van der Waals surface area contributed by atoms with Crippen LogP contribution in [0.25, 0.3) is 0 Å². The van der Waals surface area contributed by atoms with E-state index in [2.05, 4.69) is 9.69 Å². The molecule has 62 valence electrons. The minimum absolute atomic E-state index is 0. The van der Waals surface area contributed by atoms with Gasteiger partial charge in [0.15, 0.2) is 0 Å². The van der Waals surface area contributed by atoms with Crippen LogP contribution in [0.15, 0.2) is 0 Å². The van der Waals surface area contributed by atoms with E-state index >= 15 is 0 Å². The van der Waals surface area contributed by atoms with Gasteiger partial charge >= 0.3 is 43.0 Å². The molecule has 0 saturated heterocycles. The van der Waals surface area contributed by atoms with Gasteiger partial charge in [0.1, 0.15) is 0 Å². The molecule has 0 atom stereocenters. The van der Waals surface area contributed by atoms with Crippen LogP contribution < -0.4 is 29.6 Å². The summed E-state index contributed by atoms with van der Waals surface area (Å²) in [7, 11) is -2.06. The molecule has 0 aliphatic carbocycles. The fourth-order valence-corrected chi connectivity index (χ4v) is 0. The van der Waals surface area contributed by atoms with E-state index in [-0.39, 0.29) is 31.0 Å². The summed E-state index contributed by atoms with van der Waals surface area (Å²) in [4.78, 5) is 14.4. The molecule has 0 aliphatic heterocycles. The molecule has 0 amide bonds. The Morgan fingerprint density at radius 2 is 1.55 bits per heavy atom. The molecule has 0 radical (unpaired) electrons. The van der Waals surface area contributed by atoms with E-state index < -0.39 is 13.5 Å². The maximum Gasteiger partial charge on any atom is 1.00 e. The number of carbonyl (C=O) groups is 1. The van der Waals surface area contributed by atoms with Crippen LogP contribution in [0.4, 0.5) is 4.79 Å². The standard InChI is InChI=1S/CH2O4.BH3O4.Na.H/c2*2-1(3)5-4;;/h4H,(H,2,3);2-4H;;/q;;+1;-1. The first-order chi connectivity index (χ1) is 4.54. The van der Waals surface area contributed by atoms with Crippen molar-refractivity contribution in [3.8, 4) is 0 Å². The average molecular weight is 180 g/mol. The number of carboxylic acid groups (broad SMARTS) is 1. The van der Waals surface area contributed by atoms with E-state index in [1.165, 1.54) is 0 Å². The fraction of sp³-hybridized carbons (Fsp3) is 0. The van der Waals surface area contributed by atoms with Crippen molar-refractivity contribution in [3.05, 3.63) is 0 Å². The molecule has 0 heterocycles. The van der Waals surface area contributed by atoms with Crippen molar-refractivity contribution in [2.75, 3.05) is 0 Å². The SMILES string of the molecule is O=C(O)OO.OOB(O)O.[H-].[Na+]. The molecule has 0 bridgehead atoms. The van der Waals surface area contributed by atoms with Crippen molar-refractivity contribution < 1.29 is 71.1 Å². The zero-order valence-electron chi connectivity index (χ0n) is 6.54. The van der Waals surface area contributed by atoms with Crippen LogP contribution in [-0.2, 0) is 9.69 Å². The molecule has 0 aromatic rings. The summed E-state index contributed by atoms with van der Waals surface area (Å²) in [6.45, 7) is 0. The second kappa shape index (κ2) is 12.8. The Morgan fingerprint density at radius 1 is 1.36 bits per heavy atom. The number of hydrogen-bond acceptors (Lipinski definition) is 7. The Hall–Kier alpha value is 0.135. The molecule has 0 rings (SSSR count). The van der Waals surface area contributed by atoms with E-state index in [0.717, 1.165) is 0 Å². The van der Waals surface area contributed by atoms with Gasteiger partial charge in [0.25, 0.3) is 0 Å². The van der Waals surface area contributed by atoms with Gasteiger partial charge in [-0.05, 0) is 0 Å². The van der Waals surface area contributed by atoms with Gasteiger partial charge in [-0.15, -0.1) is 0 Å². The quantitative estimate of drug-likeness (QED) is 0.155. The van der Waals surface area contributed by atoms with Gasteiger partial charge in [0.05, 0.1) is 0 Å². The summed E-state index contributed by atoms with van der Waals surface area (Å²) in [5.41, 5.74) is 0. The van der Waals surface area contributed by atoms with Crippen LogP contribution in [0.3, 0.4) is 0 Å². The van der Waals surface area contributed by atoms with Gasteiger partial charge < -0.3 is 16.6 Å². The predicted octanol–water partition coefficient (Wildman–Crippen LogP) is -4.28. The van der Waals surface area contributed by atoms with Crippen LogP contribution in [-0.4, -0.2) is 39.1 Å². The van der Waals surface area contributed by atoms with E-state index in [0.29, 0.717) is 0 Å². The minimum Gasteiger partial charge on any atom is -1.00 e. The molecule has 5 N–H and O–H groups in total. The number of hydrogen-bond donors (Lipinski definition) is 5. The van der Waals surface area contributed by atoms with E-state index in [1.807, 2.05) is 0 Å². The van der Waals surface area contributed by atoms with E-state index in [4.69, 9.17) is 30.5 Å². The average Bonchev–Trinajstić information content (AvgIpc) is 1.89. The van der Waals surface area contributed by atoms with Crippen LogP contribution in [0.5, 0.6) is 0 Å². The normalized spacial score (nSPS) is 6.55. The topological polar surface area (TPSA) is 137 Å². The Balaban J connectivity index is -0.0000000457. The molecule has 11 heavy (non-hydrogen) atoms. The third-order valence-electron chi connectivity index (χ3n) is 0.172. The third kappa shape index (κ3) is 39.2. The Kier molecular flexibility index (Phi) is 20.1. The molecule has 0 saturated carbocycles. The molecule has 8 nitrogen and oxygen atoms in total. The van der Waals surface area contributed by atoms with Crippen LogP contribution in [0.2, 0.25) is 0 Å². The van der Waals surface area contributed by atoms with Gasteiger partial charge in [-0.25, -0.2) is 9.60 Å². The van der Waals surface area contributed by atoms with Gasteiger partial charge in [0.2, 0.25) is 0 Å². The summed E-state index contributed by atoms with van der Waals surface area (Å²) < 4.78 is 0. The molecule has 10 heteroatoms.